The fourth-order valence-electron chi connectivity index (χ4n) is 2.66. The molecule has 0 fully saturated rings. The predicted octanol–water partition coefficient (Wildman–Crippen LogP) is 4.01. The van der Waals surface area contributed by atoms with Gasteiger partial charge in [-0.1, -0.05) is 35.9 Å². The van der Waals surface area contributed by atoms with E-state index in [1.807, 2.05) is 12.1 Å². The third-order valence-electron chi connectivity index (χ3n) is 3.86. The maximum atomic E-state index is 6.02. The first kappa shape index (κ1) is 15.0. The molecule has 0 aliphatic heterocycles. The molecule has 2 aromatic rings. The third-order valence-corrected chi connectivity index (χ3v) is 4.10. The molecule has 0 aromatic heterocycles. The summed E-state index contributed by atoms with van der Waals surface area (Å²) in [5.41, 5.74) is 9.25. The third kappa shape index (κ3) is 3.21. The van der Waals surface area contributed by atoms with Crippen molar-refractivity contribution in [2.75, 3.05) is 0 Å². The Kier molecular flexibility index (Phi) is 4.81. The van der Waals surface area contributed by atoms with Crippen molar-refractivity contribution in [1.82, 2.24) is 5.43 Å². The van der Waals surface area contributed by atoms with Crippen molar-refractivity contribution in [3.63, 3.8) is 0 Å². The summed E-state index contributed by atoms with van der Waals surface area (Å²) in [6.07, 6.45) is 0.872. The van der Waals surface area contributed by atoms with Crippen molar-refractivity contribution < 1.29 is 0 Å². The predicted molar refractivity (Wildman–Crippen MR) is 85.9 cm³/mol. The molecule has 2 aromatic carbocycles. The summed E-state index contributed by atoms with van der Waals surface area (Å²) in [5.74, 6) is 5.78. The molecule has 0 saturated carbocycles. The van der Waals surface area contributed by atoms with E-state index in [0.29, 0.717) is 0 Å². The van der Waals surface area contributed by atoms with E-state index in [9.17, 15) is 0 Å². The van der Waals surface area contributed by atoms with Gasteiger partial charge in [0.25, 0.3) is 0 Å². The monoisotopic (exact) mass is 288 g/mol. The molecule has 0 aliphatic carbocycles. The number of halogens is 1. The lowest BCUT2D eigenvalue weighted by molar-refractivity contribution is 0.547. The summed E-state index contributed by atoms with van der Waals surface area (Å²) in [5, 5.41) is 0.758. The summed E-state index contributed by atoms with van der Waals surface area (Å²) in [6.45, 7) is 6.35. The lowest BCUT2D eigenvalue weighted by Gasteiger charge is -2.21. The topological polar surface area (TPSA) is 38.0 Å². The Bertz CT molecular complexity index is 588. The number of rotatable bonds is 4. The van der Waals surface area contributed by atoms with Gasteiger partial charge >= 0.3 is 0 Å². The molecule has 1 atom stereocenters. The Balaban J connectivity index is 2.34. The zero-order valence-electron chi connectivity index (χ0n) is 12.2. The van der Waals surface area contributed by atoms with Gasteiger partial charge in [0.15, 0.2) is 0 Å². The summed E-state index contributed by atoms with van der Waals surface area (Å²) >= 11 is 6.02. The van der Waals surface area contributed by atoms with E-state index >= 15 is 0 Å². The van der Waals surface area contributed by atoms with E-state index in [2.05, 4.69) is 50.5 Å². The standard InChI is InChI=1S/C17H21ClN2/c1-11-5-4-6-12(2)16(11)10-17(20-19)15-8-7-14(18)9-13(15)3/h4-9,17,20H,10,19H2,1-3H3. The van der Waals surface area contributed by atoms with Gasteiger partial charge in [-0.05, 0) is 67.1 Å². The summed E-state index contributed by atoms with van der Waals surface area (Å²) in [4.78, 5) is 0. The Morgan fingerprint density at radius 2 is 1.70 bits per heavy atom. The van der Waals surface area contributed by atoms with Crippen LogP contribution in [0, 0.1) is 20.8 Å². The molecule has 0 bridgehead atoms. The van der Waals surface area contributed by atoms with E-state index in [1.54, 1.807) is 0 Å². The second kappa shape index (κ2) is 6.40. The van der Waals surface area contributed by atoms with Gasteiger partial charge in [0.2, 0.25) is 0 Å². The van der Waals surface area contributed by atoms with Crippen molar-refractivity contribution in [3.05, 3.63) is 69.2 Å². The molecule has 0 spiro atoms. The maximum absolute atomic E-state index is 6.02. The van der Waals surface area contributed by atoms with Gasteiger partial charge in [-0.2, -0.15) is 0 Å². The molecular formula is C17H21ClN2. The number of hydrogen-bond donors (Lipinski definition) is 2. The van der Waals surface area contributed by atoms with Crippen LogP contribution in [0.2, 0.25) is 5.02 Å². The summed E-state index contributed by atoms with van der Waals surface area (Å²) < 4.78 is 0. The minimum atomic E-state index is 0.0899. The average Bonchev–Trinajstić information content (AvgIpc) is 2.40. The zero-order chi connectivity index (χ0) is 14.7. The fourth-order valence-corrected chi connectivity index (χ4v) is 2.89. The Morgan fingerprint density at radius 1 is 1.05 bits per heavy atom. The van der Waals surface area contributed by atoms with Gasteiger partial charge in [0.05, 0.1) is 6.04 Å². The first-order valence-electron chi connectivity index (χ1n) is 6.80. The normalized spacial score (nSPS) is 12.4. The molecule has 106 valence electrons. The minimum Gasteiger partial charge on any atom is -0.271 e. The van der Waals surface area contributed by atoms with Crippen molar-refractivity contribution in [2.24, 2.45) is 5.84 Å². The molecule has 0 amide bonds. The van der Waals surface area contributed by atoms with Crippen LogP contribution >= 0.6 is 11.6 Å². The molecular weight excluding hydrogens is 268 g/mol. The van der Waals surface area contributed by atoms with Crippen molar-refractivity contribution >= 4 is 11.6 Å². The first-order valence-corrected chi connectivity index (χ1v) is 7.18. The van der Waals surface area contributed by atoms with Crippen LogP contribution in [0.5, 0.6) is 0 Å². The fraction of sp³-hybridized carbons (Fsp3) is 0.294. The Labute approximate surface area is 125 Å². The number of hydrogen-bond acceptors (Lipinski definition) is 2. The van der Waals surface area contributed by atoms with Crippen molar-refractivity contribution in [2.45, 2.75) is 33.2 Å². The molecule has 2 rings (SSSR count). The SMILES string of the molecule is Cc1cc(Cl)ccc1C(Cc1c(C)cccc1C)NN. The smallest absolute Gasteiger partial charge is 0.0503 e. The first-order chi connectivity index (χ1) is 9.52. The van der Waals surface area contributed by atoms with Gasteiger partial charge in [0, 0.05) is 5.02 Å². The largest absolute Gasteiger partial charge is 0.271 e. The second-order valence-corrected chi connectivity index (χ2v) is 5.73. The number of benzene rings is 2. The van der Waals surface area contributed by atoms with Crippen LogP contribution in [0.4, 0.5) is 0 Å². The van der Waals surface area contributed by atoms with Crippen LogP contribution in [-0.2, 0) is 6.42 Å². The van der Waals surface area contributed by atoms with E-state index in [4.69, 9.17) is 17.4 Å². The van der Waals surface area contributed by atoms with Gasteiger partial charge in [0.1, 0.15) is 0 Å². The molecule has 1 unspecified atom stereocenters. The van der Waals surface area contributed by atoms with Crippen molar-refractivity contribution in [1.29, 1.82) is 0 Å². The molecule has 3 N–H and O–H groups in total. The molecule has 0 heterocycles. The van der Waals surface area contributed by atoms with E-state index < -0.39 is 0 Å². The van der Waals surface area contributed by atoms with Crippen LogP contribution in [0.25, 0.3) is 0 Å². The second-order valence-electron chi connectivity index (χ2n) is 5.29. The highest BCUT2D eigenvalue weighted by Gasteiger charge is 2.15. The van der Waals surface area contributed by atoms with Crippen LogP contribution < -0.4 is 11.3 Å². The van der Waals surface area contributed by atoms with Gasteiger partial charge in [-0.3, -0.25) is 11.3 Å². The summed E-state index contributed by atoms with van der Waals surface area (Å²) in [7, 11) is 0. The molecule has 20 heavy (non-hydrogen) atoms. The molecule has 0 radical (unpaired) electrons. The maximum Gasteiger partial charge on any atom is 0.0503 e. The zero-order valence-corrected chi connectivity index (χ0v) is 13.0. The van der Waals surface area contributed by atoms with Crippen LogP contribution in [0.3, 0.4) is 0 Å². The average molecular weight is 289 g/mol. The highest BCUT2D eigenvalue weighted by molar-refractivity contribution is 6.30. The lowest BCUT2D eigenvalue weighted by Crippen LogP contribution is -2.30. The number of nitrogens with one attached hydrogen (secondary N) is 1. The molecule has 0 saturated heterocycles. The molecule has 3 heteroatoms. The number of hydrazine groups is 1. The van der Waals surface area contributed by atoms with E-state index in [-0.39, 0.29) is 6.04 Å². The molecule has 0 aliphatic rings. The number of aryl methyl sites for hydroxylation is 3. The van der Waals surface area contributed by atoms with Crippen molar-refractivity contribution in [3.8, 4) is 0 Å². The van der Waals surface area contributed by atoms with Crippen LogP contribution in [0.15, 0.2) is 36.4 Å². The van der Waals surface area contributed by atoms with Gasteiger partial charge in [-0.25, -0.2) is 0 Å². The lowest BCUT2D eigenvalue weighted by atomic mass is 9.91. The van der Waals surface area contributed by atoms with E-state index in [1.165, 1.54) is 22.3 Å². The number of nitrogens with two attached hydrogens (primary N) is 1. The quantitative estimate of drug-likeness (QED) is 0.659. The van der Waals surface area contributed by atoms with Gasteiger partial charge in [-0.15, -0.1) is 0 Å². The minimum absolute atomic E-state index is 0.0899. The highest BCUT2D eigenvalue weighted by atomic mass is 35.5. The Hall–Kier alpha value is -1.35. The highest BCUT2D eigenvalue weighted by Crippen LogP contribution is 2.26. The Morgan fingerprint density at radius 3 is 2.25 bits per heavy atom. The molecule has 2 nitrogen and oxygen atoms in total. The summed E-state index contributed by atoms with van der Waals surface area (Å²) in [6, 6.07) is 12.4. The van der Waals surface area contributed by atoms with Gasteiger partial charge < -0.3 is 0 Å². The van der Waals surface area contributed by atoms with Crippen LogP contribution in [0.1, 0.15) is 33.9 Å². The van der Waals surface area contributed by atoms with Crippen LogP contribution in [-0.4, -0.2) is 0 Å². The van der Waals surface area contributed by atoms with E-state index in [0.717, 1.165) is 17.0 Å².